The van der Waals surface area contributed by atoms with Crippen LogP contribution < -0.4 is 4.80 Å². The smallest absolute Gasteiger partial charge is 0.204 e. The fourth-order valence-electron chi connectivity index (χ4n) is 2.04. The largest absolute Gasteiger partial charge is 0.445 e. The lowest BCUT2D eigenvalue weighted by Crippen LogP contribution is -2.17. The van der Waals surface area contributed by atoms with E-state index in [0.29, 0.717) is 5.02 Å². The Kier molecular flexibility index (Phi) is 5.79. The first-order chi connectivity index (χ1) is 13.0. The molecule has 0 aliphatic heterocycles. The summed E-state index contributed by atoms with van der Waals surface area (Å²) in [4.78, 5) is -0.913. The van der Waals surface area contributed by atoms with Crippen LogP contribution in [-0.4, -0.2) is 18.2 Å². The number of rotatable bonds is 3. The molecule has 0 N–H and O–H groups in total. The molecule has 0 aliphatic rings. The minimum Gasteiger partial charge on any atom is -0.204 e. The average Bonchev–Trinajstić information content (AvgIpc) is 2.98. The molecule has 3 rings (SSSR count). The number of halogens is 6. The van der Waals surface area contributed by atoms with E-state index in [2.05, 4.69) is 9.50 Å². The van der Waals surface area contributed by atoms with Crippen LogP contribution in [0.2, 0.25) is 15.1 Å². The lowest BCUT2D eigenvalue weighted by Gasteiger charge is -2.03. The van der Waals surface area contributed by atoms with Crippen molar-refractivity contribution in [2.75, 3.05) is 0 Å². The summed E-state index contributed by atoms with van der Waals surface area (Å²) >= 11 is 17.5. The summed E-state index contributed by atoms with van der Waals surface area (Å²) in [5, 5.41) is 2.51. The highest BCUT2D eigenvalue weighted by atomic mass is 35.5. The molecule has 3 aromatic rings. The number of aromatic nitrogens is 2. The lowest BCUT2D eigenvalue weighted by molar-refractivity contribution is -0.138. The van der Waals surface area contributed by atoms with Gasteiger partial charge in [-0.1, -0.05) is 46.1 Å². The van der Waals surface area contributed by atoms with E-state index in [1.54, 1.807) is 0 Å². The van der Waals surface area contributed by atoms with E-state index in [4.69, 9.17) is 34.8 Å². The molecule has 1 aromatic heterocycles. The second-order valence-electron chi connectivity index (χ2n) is 5.22. The Morgan fingerprint density at radius 3 is 2.18 bits per heavy atom. The SMILES string of the molecule is O=S(=O)(/N=c1\sc(C(F)(F)F)nn1-c1ccc(Cl)cc1)c1ccc(Cl)cc1Cl. The number of alkyl halides is 3. The Morgan fingerprint density at radius 2 is 1.61 bits per heavy atom. The van der Waals surface area contributed by atoms with Crippen molar-refractivity contribution in [3.63, 3.8) is 0 Å². The molecule has 0 radical (unpaired) electrons. The van der Waals surface area contributed by atoms with E-state index >= 15 is 0 Å². The van der Waals surface area contributed by atoms with Gasteiger partial charge in [0.25, 0.3) is 10.0 Å². The summed E-state index contributed by atoms with van der Waals surface area (Å²) in [7, 11) is -4.44. The van der Waals surface area contributed by atoms with Crippen molar-refractivity contribution in [1.82, 2.24) is 9.78 Å². The van der Waals surface area contributed by atoms with Crippen LogP contribution in [0, 0.1) is 0 Å². The highest BCUT2D eigenvalue weighted by molar-refractivity contribution is 7.90. The second-order valence-corrected chi connectivity index (χ2v) is 9.03. The summed E-state index contributed by atoms with van der Waals surface area (Å²) < 4.78 is 68.8. The van der Waals surface area contributed by atoms with E-state index in [0.717, 1.165) is 10.7 Å². The zero-order valence-electron chi connectivity index (χ0n) is 13.3. The predicted molar refractivity (Wildman–Crippen MR) is 101 cm³/mol. The van der Waals surface area contributed by atoms with Crippen molar-refractivity contribution in [2.45, 2.75) is 11.1 Å². The molecule has 0 aliphatic carbocycles. The fraction of sp³-hybridized carbons (Fsp3) is 0.0667. The maximum absolute atomic E-state index is 13.1. The van der Waals surface area contributed by atoms with E-state index in [9.17, 15) is 21.6 Å². The number of benzene rings is 2. The molecule has 0 saturated heterocycles. The maximum Gasteiger partial charge on any atom is 0.445 e. The molecular formula is C15H7Cl3F3N3O2S2. The summed E-state index contributed by atoms with van der Waals surface area (Å²) in [5.41, 5.74) is 0.146. The van der Waals surface area contributed by atoms with Gasteiger partial charge in [-0.05, 0) is 42.5 Å². The molecular weight excluding hydrogens is 482 g/mol. The Hall–Kier alpha value is -1.59. The molecule has 2 aromatic carbocycles. The lowest BCUT2D eigenvalue weighted by atomic mass is 10.3. The molecule has 0 bridgehead atoms. The van der Waals surface area contributed by atoms with Crippen molar-refractivity contribution in [1.29, 1.82) is 0 Å². The highest BCUT2D eigenvalue weighted by Crippen LogP contribution is 2.30. The van der Waals surface area contributed by atoms with Crippen LogP contribution in [0.25, 0.3) is 5.69 Å². The number of hydrogen-bond donors (Lipinski definition) is 0. The number of hydrogen-bond acceptors (Lipinski definition) is 4. The zero-order chi connectivity index (χ0) is 20.7. The second kappa shape index (κ2) is 7.68. The third-order valence-electron chi connectivity index (χ3n) is 3.24. The van der Waals surface area contributed by atoms with Crippen LogP contribution in [0.1, 0.15) is 5.01 Å². The third-order valence-corrected chi connectivity index (χ3v) is 6.55. The standard InChI is InChI=1S/C15H7Cl3F3N3O2S2/c16-8-1-4-10(5-2-8)24-14(27-13(22-24)15(19,20)21)23-28(25,26)12-6-3-9(17)7-11(12)18/h1-7H/b23-14-. The van der Waals surface area contributed by atoms with Crippen molar-refractivity contribution >= 4 is 56.2 Å². The Balaban J connectivity index is 2.24. The third kappa shape index (κ3) is 4.52. The van der Waals surface area contributed by atoms with E-state index in [-0.39, 0.29) is 27.1 Å². The van der Waals surface area contributed by atoms with Crippen LogP contribution in [0.5, 0.6) is 0 Å². The molecule has 0 saturated carbocycles. The van der Waals surface area contributed by atoms with Gasteiger partial charge in [-0.25, -0.2) is 4.68 Å². The summed E-state index contributed by atoms with van der Waals surface area (Å²) in [6, 6.07) is 9.17. The van der Waals surface area contributed by atoms with Gasteiger partial charge >= 0.3 is 6.18 Å². The van der Waals surface area contributed by atoms with Gasteiger partial charge in [0.15, 0.2) is 0 Å². The van der Waals surface area contributed by atoms with E-state index in [1.165, 1.54) is 36.4 Å². The molecule has 5 nitrogen and oxygen atoms in total. The van der Waals surface area contributed by atoms with Crippen LogP contribution >= 0.6 is 46.1 Å². The monoisotopic (exact) mass is 487 g/mol. The number of sulfonamides is 1. The first kappa shape index (κ1) is 21.1. The fourth-order valence-corrected chi connectivity index (χ4v) is 4.88. The van der Waals surface area contributed by atoms with Gasteiger partial charge in [0.2, 0.25) is 9.81 Å². The zero-order valence-corrected chi connectivity index (χ0v) is 17.2. The Morgan fingerprint density at radius 1 is 1.00 bits per heavy atom. The van der Waals surface area contributed by atoms with Crippen LogP contribution in [0.3, 0.4) is 0 Å². The van der Waals surface area contributed by atoms with E-state index < -0.39 is 30.9 Å². The van der Waals surface area contributed by atoms with Gasteiger partial charge in [0, 0.05) is 10.0 Å². The van der Waals surface area contributed by atoms with Crippen molar-refractivity contribution < 1.29 is 21.6 Å². The molecule has 28 heavy (non-hydrogen) atoms. The predicted octanol–water partition coefficient (Wildman–Crippen LogP) is 5.20. The summed E-state index contributed by atoms with van der Waals surface area (Å²) in [6.07, 6.45) is -4.78. The topological polar surface area (TPSA) is 64.3 Å². The van der Waals surface area contributed by atoms with Crippen LogP contribution in [-0.2, 0) is 16.2 Å². The van der Waals surface area contributed by atoms with Crippen LogP contribution in [0.15, 0.2) is 51.8 Å². The van der Waals surface area contributed by atoms with Crippen molar-refractivity contribution in [2.24, 2.45) is 4.40 Å². The minimum absolute atomic E-state index is 0.0749. The Labute approximate surface area is 175 Å². The summed E-state index contributed by atoms with van der Waals surface area (Å²) in [5.74, 6) is 0. The molecule has 0 fully saturated rings. The first-order valence-corrected chi connectivity index (χ1v) is 10.6. The number of nitrogens with zero attached hydrogens (tertiary/aromatic N) is 3. The van der Waals surface area contributed by atoms with Gasteiger partial charge in [0.05, 0.1) is 10.7 Å². The molecule has 1 heterocycles. The van der Waals surface area contributed by atoms with Gasteiger partial charge < -0.3 is 0 Å². The molecule has 0 atom stereocenters. The molecule has 0 unspecified atom stereocenters. The molecule has 0 amide bonds. The van der Waals surface area contributed by atoms with E-state index in [1.807, 2.05) is 0 Å². The maximum atomic E-state index is 13.1. The van der Waals surface area contributed by atoms with Gasteiger partial charge in [-0.3, -0.25) is 0 Å². The highest BCUT2D eigenvalue weighted by Gasteiger charge is 2.36. The van der Waals surface area contributed by atoms with Crippen LogP contribution in [0.4, 0.5) is 13.2 Å². The Bertz CT molecular complexity index is 1200. The molecule has 13 heteroatoms. The normalized spacial score (nSPS) is 13.1. The van der Waals surface area contributed by atoms with Gasteiger partial charge in [0.1, 0.15) is 4.90 Å². The molecule has 148 valence electrons. The quantitative estimate of drug-likeness (QED) is 0.509. The average molecular weight is 489 g/mol. The minimum atomic E-state index is -4.78. The van der Waals surface area contributed by atoms with Gasteiger partial charge in [-0.2, -0.15) is 21.6 Å². The molecule has 0 spiro atoms. The van der Waals surface area contributed by atoms with Crippen molar-refractivity contribution in [3.8, 4) is 5.69 Å². The van der Waals surface area contributed by atoms with Crippen molar-refractivity contribution in [3.05, 3.63) is 67.3 Å². The van der Waals surface area contributed by atoms with Gasteiger partial charge in [-0.15, -0.1) is 9.50 Å². The summed E-state index contributed by atoms with van der Waals surface area (Å²) in [6.45, 7) is 0. The first-order valence-electron chi connectivity index (χ1n) is 7.17.